The Labute approximate surface area is 87.0 Å². The van der Waals surface area contributed by atoms with Crippen molar-refractivity contribution in [2.45, 2.75) is 6.36 Å². The van der Waals surface area contributed by atoms with Gasteiger partial charge in [0.25, 0.3) is 5.24 Å². The molecule has 0 spiro atoms. The molecule has 3 nitrogen and oxygen atoms in total. The number of carbonyl (C=O) groups is 1. The minimum absolute atomic E-state index is 0.462. The Hall–Kier alpha value is -1.43. The smallest absolute Gasteiger partial charge is 0.508 e. The molecule has 0 aliphatic rings. The van der Waals surface area contributed by atoms with Crippen LogP contribution in [0, 0.1) is 0 Å². The fourth-order valence-corrected chi connectivity index (χ4v) is 1.04. The van der Waals surface area contributed by atoms with Gasteiger partial charge in [0.1, 0.15) is 11.5 Å². The van der Waals surface area contributed by atoms with Crippen molar-refractivity contribution in [1.82, 2.24) is 0 Å². The molecule has 0 heterocycles. The summed E-state index contributed by atoms with van der Waals surface area (Å²) in [6.07, 6.45) is -4.95. The molecule has 0 unspecified atom stereocenters. The summed E-state index contributed by atoms with van der Waals surface area (Å²) in [5.41, 5.74) is -0.466. The van der Waals surface area contributed by atoms with Crippen LogP contribution in [-0.2, 0) is 0 Å². The van der Waals surface area contributed by atoms with Gasteiger partial charge in [-0.05, 0) is 23.7 Å². The van der Waals surface area contributed by atoms with Crippen LogP contribution in [0.4, 0.5) is 13.2 Å². The summed E-state index contributed by atoms with van der Waals surface area (Å²) < 4.78 is 39.1. The molecular weight excluding hydrogens is 237 g/mol. The first-order valence-electron chi connectivity index (χ1n) is 3.58. The maximum Gasteiger partial charge on any atom is 0.573 e. The average Bonchev–Trinajstić information content (AvgIpc) is 1.99. The Kier molecular flexibility index (Phi) is 3.09. The fraction of sp³-hybridized carbons (Fsp3) is 0.125. The van der Waals surface area contributed by atoms with Gasteiger partial charge in [-0.1, -0.05) is 0 Å². The molecule has 0 fully saturated rings. The molecule has 0 aliphatic carbocycles. The molecule has 1 N–H and O–H groups in total. The predicted octanol–water partition coefficient (Wildman–Crippen LogP) is 2.67. The standard InChI is InChI=1S/C8H4ClF3O3/c9-7(14)5-2-1-4(13)3-6(5)15-8(10,11)12/h1-3,13H. The number of hydrogen-bond donors (Lipinski definition) is 1. The van der Waals surface area contributed by atoms with Crippen LogP contribution in [0.3, 0.4) is 0 Å². The molecule has 0 aromatic heterocycles. The lowest BCUT2D eigenvalue weighted by Crippen LogP contribution is -2.18. The molecule has 0 atom stereocenters. The van der Waals surface area contributed by atoms with Crippen LogP contribution in [0.15, 0.2) is 18.2 Å². The zero-order chi connectivity index (χ0) is 11.6. The quantitative estimate of drug-likeness (QED) is 0.809. The molecule has 1 aromatic rings. The van der Waals surface area contributed by atoms with Gasteiger partial charge in [0, 0.05) is 6.07 Å². The van der Waals surface area contributed by atoms with Crippen molar-refractivity contribution in [2.75, 3.05) is 0 Å². The van der Waals surface area contributed by atoms with Crippen LogP contribution in [0.2, 0.25) is 0 Å². The van der Waals surface area contributed by atoms with E-state index < -0.39 is 28.7 Å². The second-order valence-corrected chi connectivity index (χ2v) is 2.85. The first kappa shape index (κ1) is 11.6. The molecule has 0 amide bonds. The van der Waals surface area contributed by atoms with Gasteiger partial charge in [-0.2, -0.15) is 0 Å². The highest BCUT2D eigenvalue weighted by Crippen LogP contribution is 2.30. The van der Waals surface area contributed by atoms with Gasteiger partial charge < -0.3 is 9.84 Å². The lowest BCUT2D eigenvalue weighted by Gasteiger charge is -2.11. The van der Waals surface area contributed by atoms with E-state index in [9.17, 15) is 18.0 Å². The molecule has 0 saturated carbocycles. The second-order valence-electron chi connectivity index (χ2n) is 2.50. The Bertz CT molecular complexity index is 389. The lowest BCUT2D eigenvalue weighted by atomic mass is 10.2. The number of aromatic hydroxyl groups is 1. The number of benzene rings is 1. The Morgan fingerprint density at radius 2 is 2.00 bits per heavy atom. The molecule has 0 radical (unpaired) electrons. The van der Waals surface area contributed by atoms with Crippen molar-refractivity contribution in [2.24, 2.45) is 0 Å². The first-order chi connectivity index (χ1) is 6.79. The van der Waals surface area contributed by atoms with Crippen molar-refractivity contribution in [3.63, 3.8) is 0 Å². The van der Waals surface area contributed by atoms with Crippen molar-refractivity contribution in [3.05, 3.63) is 23.8 Å². The monoisotopic (exact) mass is 240 g/mol. The van der Waals surface area contributed by atoms with Gasteiger partial charge in [0.2, 0.25) is 0 Å². The van der Waals surface area contributed by atoms with E-state index in [1.807, 2.05) is 0 Å². The van der Waals surface area contributed by atoms with Crippen LogP contribution in [-0.4, -0.2) is 16.7 Å². The number of carbonyl (C=O) groups excluding carboxylic acids is 1. The molecule has 1 aromatic carbocycles. The maximum absolute atomic E-state index is 11.9. The van der Waals surface area contributed by atoms with Gasteiger partial charge in [0.15, 0.2) is 0 Å². The highest BCUT2D eigenvalue weighted by atomic mass is 35.5. The van der Waals surface area contributed by atoms with Crippen molar-refractivity contribution < 1.29 is 27.8 Å². The molecule has 15 heavy (non-hydrogen) atoms. The summed E-state index contributed by atoms with van der Waals surface area (Å²) in [6.45, 7) is 0. The van der Waals surface area contributed by atoms with Gasteiger partial charge >= 0.3 is 6.36 Å². The van der Waals surface area contributed by atoms with Gasteiger partial charge in [0.05, 0.1) is 5.56 Å². The van der Waals surface area contributed by atoms with Gasteiger partial charge in [-0.15, -0.1) is 13.2 Å². The number of phenols is 1. The summed E-state index contributed by atoms with van der Waals surface area (Å²) in [7, 11) is 0. The maximum atomic E-state index is 11.9. The summed E-state index contributed by atoms with van der Waals surface area (Å²) in [6, 6.07) is 2.62. The molecular formula is C8H4ClF3O3. The normalized spacial score (nSPS) is 11.2. The average molecular weight is 241 g/mol. The Morgan fingerprint density at radius 3 is 2.47 bits per heavy atom. The van der Waals surface area contributed by atoms with Crippen LogP contribution < -0.4 is 4.74 Å². The lowest BCUT2D eigenvalue weighted by molar-refractivity contribution is -0.274. The van der Waals surface area contributed by atoms with E-state index in [1.54, 1.807) is 0 Å². The van der Waals surface area contributed by atoms with E-state index in [-0.39, 0.29) is 0 Å². The first-order valence-corrected chi connectivity index (χ1v) is 3.96. The Balaban J connectivity index is 3.13. The molecule has 82 valence electrons. The highest BCUT2D eigenvalue weighted by Gasteiger charge is 2.32. The van der Waals surface area contributed by atoms with Crippen molar-refractivity contribution >= 4 is 16.8 Å². The molecule has 0 aliphatic heterocycles. The number of halogens is 4. The van der Waals surface area contributed by atoms with E-state index in [0.717, 1.165) is 12.1 Å². The van der Waals surface area contributed by atoms with E-state index >= 15 is 0 Å². The van der Waals surface area contributed by atoms with Gasteiger partial charge in [-0.3, -0.25) is 4.79 Å². The molecule has 1 rings (SSSR count). The SMILES string of the molecule is O=C(Cl)c1ccc(O)cc1OC(F)(F)F. The zero-order valence-corrected chi connectivity index (χ0v) is 7.76. The van der Waals surface area contributed by atoms with E-state index in [0.29, 0.717) is 6.07 Å². The highest BCUT2D eigenvalue weighted by molar-refractivity contribution is 6.68. The van der Waals surface area contributed by atoms with Gasteiger partial charge in [-0.25, -0.2) is 0 Å². The summed E-state index contributed by atoms with van der Waals surface area (Å²) >= 11 is 5.02. The number of ether oxygens (including phenoxy) is 1. The predicted molar refractivity (Wildman–Crippen MR) is 45.0 cm³/mol. The number of alkyl halides is 3. The minimum atomic E-state index is -4.95. The topological polar surface area (TPSA) is 46.5 Å². The van der Waals surface area contributed by atoms with Crippen molar-refractivity contribution in [1.29, 1.82) is 0 Å². The largest absolute Gasteiger partial charge is 0.573 e. The summed E-state index contributed by atoms with van der Waals surface area (Å²) in [4.78, 5) is 10.7. The molecule has 7 heteroatoms. The van der Waals surface area contributed by atoms with Crippen LogP contribution in [0.1, 0.15) is 10.4 Å². The number of phenolic OH excluding ortho intramolecular Hbond substituents is 1. The third-order valence-corrected chi connectivity index (χ3v) is 1.61. The Morgan fingerprint density at radius 1 is 1.40 bits per heavy atom. The van der Waals surface area contributed by atoms with E-state index in [1.165, 1.54) is 0 Å². The summed E-state index contributed by atoms with van der Waals surface area (Å²) in [5, 5.41) is 7.81. The number of hydrogen-bond acceptors (Lipinski definition) is 3. The zero-order valence-electron chi connectivity index (χ0n) is 7.01. The number of rotatable bonds is 2. The third-order valence-electron chi connectivity index (χ3n) is 1.40. The third kappa shape index (κ3) is 3.32. The molecule has 0 saturated heterocycles. The summed E-state index contributed by atoms with van der Waals surface area (Å²) in [5.74, 6) is -1.29. The van der Waals surface area contributed by atoms with E-state index in [2.05, 4.69) is 4.74 Å². The fourth-order valence-electron chi connectivity index (χ4n) is 0.883. The van der Waals surface area contributed by atoms with Crippen LogP contribution in [0.5, 0.6) is 11.5 Å². The second kappa shape index (κ2) is 3.98. The van der Waals surface area contributed by atoms with Crippen molar-refractivity contribution in [3.8, 4) is 11.5 Å². The van der Waals surface area contributed by atoms with E-state index in [4.69, 9.17) is 16.7 Å². The van der Waals surface area contributed by atoms with Crippen LogP contribution >= 0.6 is 11.6 Å². The van der Waals surface area contributed by atoms with Crippen LogP contribution in [0.25, 0.3) is 0 Å². The molecule has 0 bridgehead atoms. The minimum Gasteiger partial charge on any atom is -0.508 e.